The molecule has 0 unspecified atom stereocenters. The zero-order valence-corrected chi connectivity index (χ0v) is 17.2. The van der Waals surface area contributed by atoms with E-state index in [1.54, 1.807) is 28.4 Å². The molecule has 1 aliphatic rings. The first-order chi connectivity index (χ1) is 11.2. The zero-order chi connectivity index (χ0) is 16.7. The largest absolute Gasteiger partial charge is 0.493 e. The van der Waals surface area contributed by atoms with E-state index in [-0.39, 0.29) is 24.0 Å². The number of nitrogens with one attached hydrogen (secondary N) is 2. The lowest BCUT2D eigenvalue weighted by Crippen LogP contribution is -2.35. The van der Waals surface area contributed by atoms with Gasteiger partial charge in [-0.25, -0.2) is 0 Å². The molecule has 0 heterocycles. The molecule has 1 aromatic carbocycles. The standard InChI is InChI=1S/C17H27N3O3.HI/c1-18-16(19-12-17(7-8-17)9-10-21-2)20-13-5-6-14(22-3)15(11-13)23-4;/h5-6,11H,7-10,12H2,1-4H3,(H2,18,19,20);1H. The summed E-state index contributed by atoms with van der Waals surface area (Å²) >= 11 is 0. The van der Waals surface area contributed by atoms with E-state index in [0.29, 0.717) is 16.9 Å². The number of hydrogen-bond donors (Lipinski definition) is 2. The molecule has 0 atom stereocenters. The number of halogens is 1. The topological polar surface area (TPSA) is 64.1 Å². The molecular weight excluding hydrogens is 421 g/mol. The summed E-state index contributed by atoms with van der Waals surface area (Å²) in [5.41, 5.74) is 1.27. The lowest BCUT2D eigenvalue weighted by Gasteiger charge is -2.18. The van der Waals surface area contributed by atoms with Gasteiger partial charge in [-0.2, -0.15) is 0 Å². The Balaban J connectivity index is 0.00000288. The number of methoxy groups -OCH3 is 3. The lowest BCUT2D eigenvalue weighted by atomic mass is 10.0. The van der Waals surface area contributed by atoms with Crippen molar-refractivity contribution < 1.29 is 14.2 Å². The van der Waals surface area contributed by atoms with Crippen molar-refractivity contribution in [2.24, 2.45) is 10.4 Å². The molecular formula is C17H28IN3O3. The second-order valence-corrected chi connectivity index (χ2v) is 5.86. The zero-order valence-electron chi connectivity index (χ0n) is 14.8. The Morgan fingerprint density at radius 2 is 1.88 bits per heavy atom. The summed E-state index contributed by atoms with van der Waals surface area (Å²) in [6.45, 7) is 1.71. The molecule has 6 nitrogen and oxygen atoms in total. The van der Waals surface area contributed by atoms with Crippen LogP contribution in [0.15, 0.2) is 23.2 Å². The summed E-state index contributed by atoms with van der Waals surface area (Å²) in [4.78, 5) is 4.28. The number of hydrogen-bond acceptors (Lipinski definition) is 4. The third kappa shape index (κ3) is 5.70. The van der Waals surface area contributed by atoms with Gasteiger partial charge in [0.2, 0.25) is 0 Å². The van der Waals surface area contributed by atoms with E-state index in [9.17, 15) is 0 Å². The van der Waals surface area contributed by atoms with Crippen LogP contribution in [0.3, 0.4) is 0 Å². The molecule has 7 heteroatoms. The molecule has 1 aliphatic carbocycles. The van der Waals surface area contributed by atoms with Crippen LogP contribution < -0.4 is 20.1 Å². The maximum atomic E-state index is 5.32. The average molecular weight is 449 g/mol. The van der Waals surface area contributed by atoms with Crippen molar-refractivity contribution in [2.75, 3.05) is 46.8 Å². The second-order valence-electron chi connectivity index (χ2n) is 5.86. The molecule has 2 N–H and O–H groups in total. The first-order valence-corrected chi connectivity index (χ1v) is 7.85. The number of guanidine groups is 1. The molecule has 2 rings (SSSR count). The van der Waals surface area contributed by atoms with Crippen LogP contribution in [-0.2, 0) is 4.74 Å². The van der Waals surface area contributed by atoms with Gasteiger partial charge >= 0.3 is 0 Å². The van der Waals surface area contributed by atoms with E-state index in [2.05, 4.69) is 15.6 Å². The van der Waals surface area contributed by atoms with E-state index < -0.39 is 0 Å². The lowest BCUT2D eigenvalue weighted by molar-refractivity contribution is 0.172. The number of benzene rings is 1. The Morgan fingerprint density at radius 3 is 2.42 bits per heavy atom. The third-order valence-electron chi connectivity index (χ3n) is 4.29. The monoisotopic (exact) mass is 449 g/mol. The molecule has 0 bridgehead atoms. The maximum absolute atomic E-state index is 5.32. The minimum Gasteiger partial charge on any atom is -0.493 e. The Bertz CT molecular complexity index is 548. The summed E-state index contributed by atoms with van der Waals surface area (Å²) in [5.74, 6) is 2.14. The number of anilines is 1. The molecule has 0 saturated heterocycles. The molecule has 0 amide bonds. The fourth-order valence-corrected chi connectivity index (χ4v) is 2.51. The predicted molar refractivity (Wildman–Crippen MR) is 108 cm³/mol. The molecule has 24 heavy (non-hydrogen) atoms. The van der Waals surface area contributed by atoms with E-state index >= 15 is 0 Å². The molecule has 0 radical (unpaired) electrons. The third-order valence-corrected chi connectivity index (χ3v) is 4.29. The fourth-order valence-electron chi connectivity index (χ4n) is 2.51. The Kier molecular flexibility index (Phi) is 8.61. The first kappa shape index (κ1) is 20.8. The van der Waals surface area contributed by atoms with E-state index in [1.807, 2.05) is 18.2 Å². The quantitative estimate of drug-likeness (QED) is 0.363. The van der Waals surface area contributed by atoms with E-state index in [1.165, 1.54) is 12.8 Å². The van der Waals surface area contributed by atoms with Gasteiger partial charge in [0.1, 0.15) is 0 Å². The highest BCUT2D eigenvalue weighted by molar-refractivity contribution is 14.0. The van der Waals surface area contributed by atoms with Gasteiger partial charge in [-0.05, 0) is 36.8 Å². The van der Waals surface area contributed by atoms with Crippen LogP contribution in [-0.4, -0.2) is 47.5 Å². The van der Waals surface area contributed by atoms with Gasteiger partial charge < -0.3 is 24.8 Å². The SMILES string of the molecule is CN=C(NCC1(CCOC)CC1)Nc1ccc(OC)c(OC)c1.I. The van der Waals surface area contributed by atoms with Crippen LogP contribution in [0.25, 0.3) is 0 Å². The van der Waals surface area contributed by atoms with Crippen molar-refractivity contribution in [2.45, 2.75) is 19.3 Å². The highest BCUT2D eigenvalue weighted by Gasteiger charge is 2.41. The van der Waals surface area contributed by atoms with Gasteiger partial charge in [0, 0.05) is 39.1 Å². The number of nitrogens with zero attached hydrogens (tertiary/aromatic N) is 1. The van der Waals surface area contributed by atoms with Crippen molar-refractivity contribution in [3.8, 4) is 11.5 Å². The molecule has 1 fully saturated rings. The summed E-state index contributed by atoms with van der Waals surface area (Å²) in [6, 6.07) is 5.70. The molecule has 1 aromatic rings. The van der Waals surface area contributed by atoms with Gasteiger partial charge in [-0.3, -0.25) is 4.99 Å². The smallest absolute Gasteiger partial charge is 0.195 e. The highest BCUT2D eigenvalue weighted by Crippen LogP contribution is 2.48. The number of ether oxygens (including phenoxy) is 3. The summed E-state index contributed by atoms with van der Waals surface area (Å²) in [5, 5.41) is 6.69. The van der Waals surface area contributed by atoms with Crippen LogP contribution in [0.5, 0.6) is 11.5 Å². The second kappa shape index (κ2) is 9.93. The van der Waals surface area contributed by atoms with Gasteiger partial charge in [-0.15, -0.1) is 24.0 Å². The molecule has 136 valence electrons. The highest BCUT2D eigenvalue weighted by atomic mass is 127. The molecule has 0 aliphatic heterocycles. The van der Waals surface area contributed by atoms with Crippen molar-refractivity contribution in [3.05, 3.63) is 18.2 Å². The van der Waals surface area contributed by atoms with Crippen LogP contribution in [0, 0.1) is 5.41 Å². The fraction of sp³-hybridized carbons (Fsp3) is 0.588. The van der Waals surface area contributed by atoms with Crippen LogP contribution in [0.4, 0.5) is 5.69 Å². The predicted octanol–water partition coefficient (Wildman–Crippen LogP) is 3.13. The van der Waals surface area contributed by atoms with Gasteiger partial charge in [0.25, 0.3) is 0 Å². The van der Waals surface area contributed by atoms with Crippen molar-refractivity contribution >= 4 is 35.6 Å². The number of rotatable bonds is 8. The van der Waals surface area contributed by atoms with E-state index in [4.69, 9.17) is 14.2 Å². The minimum absolute atomic E-state index is 0. The minimum atomic E-state index is 0. The Hall–Kier alpha value is -1.22. The van der Waals surface area contributed by atoms with Crippen LogP contribution in [0.2, 0.25) is 0 Å². The van der Waals surface area contributed by atoms with Crippen molar-refractivity contribution in [3.63, 3.8) is 0 Å². The van der Waals surface area contributed by atoms with Gasteiger partial charge in [0.05, 0.1) is 14.2 Å². The molecule has 1 saturated carbocycles. The van der Waals surface area contributed by atoms with Crippen LogP contribution >= 0.6 is 24.0 Å². The van der Waals surface area contributed by atoms with E-state index in [0.717, 1.165) is 31.2 Å². The number of aliphatic imine (C=N–C) groups is 1. The summed E-state index contributed by atoms with van der Waals surface area (Å²) < 4.78 is 15.8. The molecule has 0 aromatic heterocycles. The van der Waals surface area contributed by atoms with Crippen molar-refractivity contribution in [1.82, 2.24) is 5.32 Å². The van der Waals surface area contributed by atoms with Crippen LogP contribution in [0.1, 0.15) is 19.3 Å². The van der Waals surface area contributed by atoms with Crippen molar-refractivity contribution in [1.29, 1.82) is 0 Å². The summed E-state index contributed by atoms with van der Waals surface area (Å²) in [6.07, 6.45) is 3.58. The molecule has 0 spiro atoms. The van der Waals surface area contributed by atoms with Gasteiger partial charge in [-0.1, -0.05) is 0 Å². The Morgan fingerprint density at radius 1 is 1.17 bits per heavy atom. The normalized spacial score (nSPS) is 15.2. The average Bonchev–Trinajstić information content (AvgIpc) is 3.36. The first-order valence-electron chi connectivity index (χ1n) is 7.85. The van der Waals surface area contributed by atoms with Gasteiger partial charge in [0.15, 0.2) is 17.5 Å². The summed E-state index contributed by atoms with van der Waals surface area (Å²) in [7, 11) is 6.77. The maximum Gasteiger partial charge on any atom is 0.195 e. The Labute approximate surface area is 161 Å².